The van der Waals surface area contributed by atoms with Crippen LogP contribution in [0.2, 0.25) is 0 Å². The third kappa shape index (κ3) is 9.58. The van der Waals surface area contributed by atoms with Gasteiger partial charge < -0.3 is 4.79 Å². The molecular formula is C7H14O4S. The zero-order chi connectivity index (χ0) is 9.45. The molecule has 0 aromatic heterocycles. The minimum atomic E-state index is -3.29. The molecular weight excluding hydrogens is 180 g/mol. The lowest BCUT2D eigenvalue weighted by atomic mass is 10.2. The highest BCUT2D eigenvalue weighted by Crippen LogP contribution is 1.99. The quantitative estimate of drug-likeness (QED) is 0.340. The summed E-state index contributed by atoms with van der Waals surface area (Å²) < 4.78 is 25.4. The summed E-state index contributed by atoms with van der Waals surface area (Å²) in [4.78, 5) is 9.87. The lowest BCUT2D eigenvalue weighted by Gasteiger charge is -1.99. The summed E-state index contributed by atoms with van der Waals surface area (Å²) in [5.41, 5.74) is 0. The van der Waals surface area contributed by atoms with Crippen LogP contribution >= 0.6 is 0 Å². The van der Waals surface area contributed by atoms with Crippen LogP contribution in [-0.2, 0) is 19.1 Å². The van der Waals surface area contributed by atoms with E-state index in [1.54, 1.807) is 0 Å². The lowest BCUT2D eigenvalue weighted by Crippen LogP contribution is -2.03. The molecule has 72 valence electrons. The van der Waals surface area contributed by atoms with Crippen molar-refractivity contribution in [3.05, 3.63) is 0 Å². The van der Waals surface area contributed by atoms with Gasteiger partial charge in [-0.2, -0.15) is 8.42 Å². The summed E-state index contributed by atoms with van der Waals surface area (Å²) in [5.74, 6) is 0. The Morgan fingerprint density at radius 2 is 1.92 bits per heavy atom. The van der Waals surface area contributed by atoms with Gasteiger partial charge in [0.05, 0.1) is 12.9 Å². The number of carbonyl (C=O) groups excluding carboxylic acids is 1. The smallest absolute Gasteiger partial charge is 0.264 e. The maximum Gasteiger partial charge on any atom is 0.264 e. The minimum absolute atomic E-state index is 0.220. The second kappa shape index (κ2) is 6.14. The van der Waals surface area contributed by atoms with Gasteiger partial charge in [0.15, 0.2) is 0 Å². The van der Waals surface area contributed by atoms with Crippen molar-refractivity contribution in [2.24, 2.45) is 0 Å². The van der Waals surface area contributed by atoms with Crippen LogP contribution in [0.25, 0.3) is 0 Å². The molecule has 0 rings (SSSR count). The van der Waals surface area contributed by atoms with Gasteiger partial charge >= 0.3 is 0 Å². The van der Waals surface area contributed by atoms with Crippen LogP contribution in [0.5, 0.6) is 0 Å². The molecule has 4 nitrogen and oxygen atoms in total. The average molecular weight is 194 g/mol. The normalized spacial score (nSPS) is 11.4. The van der Waals surface area contributed by atoms with Gasteiger partial charge in [-0.25, -0.2) is 0 Å². The van der Waals surface area contributed by atoms with Gasteiger partial charge in [-0.15, -0.1) is 0 Å². The highest BCUT2D eigenvalue weighted by atomic mass is 32.2. The summed E-state index contributed by atoms with van der Waals surface area (Å²) in [6.45, 7) is 0.220. The Bertz CT molecular complexity index is 207. The summed E-state index contributed by atoms with van der Waals surface area (Å²) >= 11 is 0. The number of hydrogen-bond donors (Lipinski definition) is 0. The first-order valence-electron chi connectivity index (χ1n) is 3.84. The Kier molecular flexibility index (Phi) is 5.92. The number of carbonyl (C=O) groups is 1. The molecule has 0 radical (unpaired) electrons. The van der Waals surface area contributed by atoms with Crippen LogP contribution in [0.3, 0.4) is 0 Å². The third-order valence-corrected chi connectivity index (χ3v) is 1.86. The molecule has 0 aliphatic rings. The van der Waals surface area contributed by atoms with Crippen molar-refractivity contribution < 1.29 is 17.4 Å². The second-order valence-corrected chi connectivity index (χ2v) is 4.19. The largest absolute Gasteiger partial charge is 0.303 e. The van der Waals surface area contributed by atoms with Crippen molar-refractivity contribution in [3.63, 3.8) is 0 Å². The number of unbranched alkanes of at least 4 members (excludes halogenated alkanes) is 3. The Labute approximate surface area is 73.0 Å². The van der Waals surface area contributed by atoms with Gasteiger partial charge in [-0.3, -0.25) is 4.18 Å². The molecule has 0 amide bonds. The number of rotatable bonds is 7. The Morgan fingerprint density at radius 3 is 2.42 bits per heavy atom. The minimum Gasteiger partial charge on any atom is -0.303 e. The second-order valence-electron chi connectivity index (χ2n) is 2.54. The number of aldehydes is 1. The summed E-state index contributed by atoms with van der Waals surface area (Å²) in [7, 11) is -3.29. The first-order valence-corrected chi connectivity index (χ1v) is 5.66. The fourth-order valence-corrected chi connectivity index (χ4v) is 1.14. The molecule has 0 bridgehead atoms. The van der Waals surface area contributed by atoms with E-state index in [2.05, 4.69) is 4.18 Å². The molecule has 0 aromatic rings. The zero-order valence-corrected chi connectivity index (χ0v) is 7.97. The van der Waals surface area contributed by atoms with Gasteiger partial charge in [0, 0.05) is 6.42 Å². The molecule has 5 heteroatoms. The van der Waals surface area contributed by atoms with Crippen molar-refractivity contribution in [3.8, 4) is 0 Å². The summed E-state index contributed by atoms with van der Waals surface area (Å²) in [6, 6.07) is 0. The zero-order valence-electron chi connectivity index (χ0n) is 7.15. The van der Waals surface area contributed by atoms with Crippen LogP contribution in [0, 0.1) is 0 Å². The molecule has 0 spiro atoms. The predicted molar refractivity (Wildman–Crippen MR) is 45.3 cm³/mol. The Hall–Kier alpha value is -0.420. The third-order valence-electron chi connectivity index (χ3n) is 1.26. The van der Waals surface area contributed by atoms with Crippen molar-refractivity contribution in [2.75, 3.05) is 12.9 Å². The fraction of sp³-hybridized carbons (Fsp3) is 0.857. The van der Waals surface area contributed by atoms with E-state index >= 15 is 0 Å². The van der Waals surface area contributed by atoms with Crippen molar-refractivity contribution in [1.29, 1.82) is 0 Å². The van der Waals surface area contributed by atoms with E-state index in [0.717, 1.165) is 25.4 Å². The van der Waals surface area contributed by atoms with Crippen LogP contribution in [0.15, 0.2) is 0 Å². The topological polar surface area (TPSA) is 60.4 Å². The maximum absolute atomic E-state index is 10.4. The van der Waals surface area contributed by atoms with Crippen LogP contribution in [0.1, 0.15) is 25.7 Å². The molecule has 0 heterocycles. The van der Waals surface area contributed by atoms with Gasteiger partial charge in [0.1, 0.15) is 6.29 Å². The highest BCUT2D eigenvalue weighted by Gasteiger charge is 1.99. The molecule has 0 unspecified atom stereocenters. The van der Waals surface area contributed by atoms with E-state index in [9.17, 15) is 13.2 Å². The molecule has 0 N–H and O–H groups in total. The molecule has 0 aliphatic carbocycles. The van der Waals surface area contributed by atoms with E-state index in [1.807, 2.05) is 0 Å². The van der Waals surface area contributed by atoms with Gasteiger partial charge in [-0.05, 0) is 12.8 Å². The summed E-state index contributed by atoms with van der Waals surface area (Å²) in [5, 5.41) is 0. The number of hydrogen-bond acceptors (Lipinski definition) is 4. The monoisotopic (exact) mass is 194 g/mol. The van der Waals surface area contributed by atoms with E-state index in [0.29, 0.717) is 12.8 Å². The van der Waals surface area contributed by atoms with Crippen molar-refractivity contribution in [2.45, 2.75) is 25.7 Å². The highest BCUT2D eigenvalue weighted by molar-refractivity contribution is 7.85. The van der Waals surface area contributed by atoms with Crippen LogP contribution in [-0.4, -0.2) is 27.6 Å². The van der Waals surface area contributed by atoms with Crippen LogP contribution < -0.4 is 0 Å². The van der Waals surface area contributed by atoms with Gasteiger partial charge in [0.25, 0.3) is 10.1 Å². The summed E-state index contributed by atoms with van der Waals surface area (Å²) in [6.07, 6.45) is 4.74. The molecule has 0 fully saturated rings. The van der Waals surface area contributed by atoms with E-state index < -0.39 is 10.1 Å². The molecule has 0 saturated heterocycles. The van der Waals surface area contributed by atoms with Gasteiger partial charge in [-0.1, -0.05) is 6.42 Å². The van der Waals surface area contributed by atoms with Gasteiger partial charge in [0.2, 0.25) is 0 Å². The maximum atomic E-state index is 10.4. The molecule has 12 heavy (non-hydrogen) atoms. The van der Waals surface area contributed by atoms with Crippen molar-refractivity contribution in [1.82, 2.24) is 0 Å². The Balaban J connectivity index is 3.17. The SMILES string of the molecule is CS(=O)(=O)OCCCCCC=O. The Morgan fingerprint density at radius 1 is 1.25 bits per heavy atom. The van der Waals surface area contributed by atoms with Crippen LogP contribution in [0.4, 0.5) is 0 Å². The van der Waals surface area contributed by atoms with E-state index in [1.165, 1.54) is 0 Å². The first kappa shape index (κ1) is 11.6. The standard InChI is InChI=1S/C7H14O4S/c1-12(9,10)11-7-5-3-2-4-6-8/h6H,2-5,7H2,1H3. The van der Waals surface area contributed by atoms with Crippen molar-refractivity contribution >= 4 is 16.4 Å². The molecule has 0 atom stereocenters. The molecule has 0 saturated carbocycles. The molecule has 0 aromatic carbocycles. The van der Waals surface area contributed by atoms with E-state index in [-0.39, 0.29) is 6.61 Å². The first-order chi connectivity index (χ1) is 5.56. The molecule has 0 aliphatic heterocycles. The average Bonchev–Trinajstić information content (AvgIpc) is 1.94. The fourth-order valence-electron chi connectivity index (χ4n) is 0.717. The predicted octanol–water partition coefficient (Wildman–Crippen LogP) is 0.722. The lowest BCUT2D eigenvalue weighted by molar-refractivity contribution is -0.107. The van der Waals surface area contributed by atoms with E-state index in [4.69, 9.17) is 0 Å².